The molecule has 1 aliphatic rings. The molecule has 28 heavy (non-hydrogen) atoms. The summed E-state index contributed by atoms with van der Waals surface area (Å²) in [6.45, 7) is 2.90. The zero-order valence-electron chi connectivity index (χ0n) is 15.1. The summed E-state index contributed by atoms with van der Waals surface area (Å²) < 4.78 is 30.8. The van der Waals surface area contributed by atoms with Gasteiger partial charge in [0.2, 0.25) is 10.0 Å². The second kappa shape index (κ2) is 7.50. The van der Waals surface area contributed by atoms with Gasteiger partial charge < -0.3 is 9.64 Å². The number of pyridine rings is 1. The Morgan fingerprint density at radius 2 is 1.86 bits per heavy atom. The second-order valence-electron chi connectivity index (χ2n) is 6.47. The van der Waals surface area contributed by atoms with Crippen LogP contribution in [-0.2, 0) is 14.8 Å². The molecule has 0 bridgehead atoms. The van der Waals surface area contributed by atoms with Gasteiger partial charge in [0.05, 0.1) is 42.4 Å². The molecule has 0 spiro atoms. The van der Waals surface area contributed by atoms with Gasteiger partial charge in [-0.3, -0.25) is 9.71 Å². The smallest absolute Gasteiger partial charge is 0.229 e. The Morgan fingerprint density at radius 3 is 2.61 bits per heavy atom. The number of aromatic nitrogens is 3. The van der Waals surface area contributed by atoms with E-state index >= 15 is 0 Å². The first-order chi connectivity index (χ1) is 13.4. The Bertz CT molecular complexity index is 1130. The maximum absolute atomic E-state index is 11.5. The van der Waals surface area contributed by atoms with Crippen LogP contribution in [0.1, 0.15) is 0 Å². The number of ether oxygens (including phenoxy) is 1. The largest absolute Gasteiger partial charge is 0.378 e. The number of sulfonamides is 1. The third-order valence-electron chi connectivity index (χ3n) is 4.33. The van der Waals surface area contributed by atoms with Crippen molar-refractivity contribution in [3.63, 3.8) is 0 Å². The summed E-state index contributed by atoms with van der Waals surface area (Å²) in [6.07, 6.45) is 4.43. The molecule has 3 heterocycles. The number of nitrogens with one attached hydrogen (secondary N) is 1. The van der Waals surface area contributed by atoms with Crippen molar-refractivity contribution >= 4 is 44.2 Å². The predicted molar refractivity (Wildman–Crippen MR) is 109 cm³/mol. The molecule has 1 aliphatic heterocycles. The van der Waals surface area contributed by atoms with Crippen molar-refractivity contribution in [1.29, 1.82) is 0 Å². The number of hydrogen-bond acceptors (Lipinski definition) is 7. The number of morpholine rings is 1. The highest BCUT2D eigenvalue weighted by Crippen LogP contribution is 2.29. The van der Waals surface area contributed by atoms with E-state index in [1.54, 1.807) is 18.5 Å². The lowest BCUT2D eigenvalue weighted by Gasteiger charge is -2.27. The normalized spacial score (nSPS) is 15.0. The van der Waals surface area contributed by atoms with Gasteiger partial charge in [-0.25, -0.2) is 18.4 Å². The zero-order chi connectivity index (χ0) is 19.7. The summed E-state index contributed by atoms with van der Waals surface area (Å²) in [5.74, 6) is 0.807. The minimum Gasteiger partial charge on any atom is -0.378 e. The Balaban J connectivity index is 1.71. The highest BCUT2D eigenvalue weighted by Gasteiger charge is 2.14. The summed E-state index contributed by atoms with van der Waals surface area (Å²) >= 11 is 6.02. The standard InChI is InChI=1S/C18H18ClN5O3S/c1-28(25,26)23-16-9-13(10-21-18(16)19)12-2-3-14-15(8-12)22-17(11-20-14)24-4-6-27-7-5-24/h2-3,8-11,23H,4-7H2,1H3. The topological polar surface area (TPSA) is 97.3 Å². The van der Waals surface area contributed by atoms with Crippen molar-refractivity contribution in [1.82, 2.24) is 15.0 Å². The fourth-order valence-corrected chi connectivity index (χ4v) is 3.77. The number of rotatable bonds is 4. The summed E-state index contributed by atoms with van der Waals surface area (Å²) in [5, 5.41) is 0.0874. The maximum atomic E-state index is 11.5. The second-order valence-corrected chi connectivity index (χ2v) is 8.57. The highest BCUT2D eigenvalue weighted by atomic mass is 35.5. The molecule has 1 saturated heterocycles. The molecule has 0 amide bonds. The van der Waals surface area contributed by atoms with Crippen LogP contribution in [0.25, 0.3) is 22.2 Å². The van der Waals surface area contributed by atoms with Crippen LogP contribution in [0.3, 0.4) is 0 Å². The molecule has 8 nitrogen and oxygen atoms in total. The van der Waals surface area contributed by atoms with Crippen LogP contribution in [-0.4, -0.2) is 55.9 Å². The SMILES string of the molecule is CS(=O)(=O)Nc1cc(-c2ccc3ncc(N4CCOCC4)nc3c2)cnc1Cl. The highest BCUT2D eigenvalue weighted by molar-refractivity contribution is 7.92. The fraction of sp³-hybridized carbons (Fsp3) is 0.278. The van der Waals surface area contributed by atoms with Crippen LogP contribution in [0.2, 0.25) is 5.15 Å². The molecule has 1 aromatic carbocycles. The van der Waals surface area contributed by atoms with Gasteiger partial charge in [-0.15, -0.1) is 0 Å². The Labute approximate surface area is 167 Å². The van der Waals surface area contributed by atoms with Gasteiger partial charge in [0.15, 0.2) is 5.15 Å². The van der Waals surface area contributed by atoms with Gasteiger partial charge in [0.25, 0.3) is 0 Å². The Kier molecular flexibility index (Phi) is 5.05. The summed E-state index contributed by atoms with van der Waals surface area (Å²) in [7, 11) is -3.46. The molecule has 3 aromatic rings. The minimum absolute atomic E-state index is 0.0874. The van der Waals surface area contributed by atoms with E-state index in [1.807, 2.05) is 18.2 Å². The van der Waals surface area contributed by atoms with E-state index in [2.05, 4.69) is 19.6 Å². The monoisotopic (exact) mass is 419 g/mol. The number of fused-ring (bicyclic) bond motifs is 1. The first kappa shape index (κ1) is 18.9. The lowest BCUT2D eigenvalue weighted by atomic mass is 10.1. The van der Waals surface area contributed by atoms with Crippen LogP contribution in [0.4, 0.5) is 11.5 Å². The lowest BCUT2D eigenvalue weighted by molar-refractivity contribution is 0.122. The number of benzene rings is 1. The summed E-state index contributed by atoms with van der Waals surface area (Å²) in [4.78, 5) is 15.5. The number of anilines is 2. The number of hydrogen-bond donors (Lipinski definition) is 1. The molecule has 4 rings (SSSR count). The molecule has 0 saturated carbocycles. The first-order valence-corrected chi connectivity index (χ1v) is 10.9. The van der Waals surface area contributed by atoms with Gasteiger partial charge in [-0.2, -0.15) is 0 Å². The van der Waals surface area contributed by atoms with Gasteiger partial charge in [0, 0.05) is 24.8 Å². The average Bonchev–Trinajstić information content (AvgIpc) is 2.68. The molecule has 10 heteroatoms. The van der Waals surface area contributed by atoms with E-state index in [1.165, 1.54) is 0 Å². The van der Waals surface area contributed by atoms with Crippen molar-refractivity contribution in [2.45, 2.75) is 0 Å². The Morgan fingerprint density at radius 1 is 1.07 bits per heavy atom. The molecule has 0 unspecified atom stereocenters. The molecule has 2 aromatic heterocycles. The van der Waals surface area contributed by atoms with Crippen molar-refractivity contribution < 1.29 is 13.2 Å². The third-order valence-corrected chi connectivity index (χ3v) is 5.22. The van der Waals surface area contributed by atoms with Crippen molar-refractivity contribution in [3.8, 4) is 11.1 Å². The van der Waals surface area contributed by atoms with E-state index < -0.39 is 10.0 Å². The fourth-order valence-electron chi connectivity index (χ4n) is 3.00. The quantitative estimate of drug-likeness (QED) is 0.649. The van der Waals surface area contributed by atoms with Crippen molar-refractivity contribution in [2.24, 2.45) is 0 Å². The van der Waals surface area contributed by atoms with Crippen molar-refractivity contribution in [3.05, 3.63) is 41.8 Å². The molecule has 0 radical (unpaired) electrons. The van der Waals surface area contributed by atoms with E-state index in [-0.39, 0.29) is 10.8 Å². The van der Waals surface area contributed by atoms with Crippen LogP contribution in [0, 0.1) is 0 Å². The molecule has 1 fully saturated rings. The lowest BCUT2D eigenvalue weighted by Crippen LogP contribution is -2.36. The van der Waals surface area contributed by atoms with Crippen LogP contribution < -0.4 is 9.62 Å². The predicted octanol–water partition coefficient (Wildman–Crippen LogP) is 2.55. The van der Waals surface area contributed by atoms with Crippen LogP contribution >= 0.6 is 11.6 Å². The molecule has 146 valence electrons. The summed E-state index contributed by atoms with van der Waals surface area (Å²) in [6, 6.07) is 7.32. The van der Waals surface area contributed by atoms with Gasteiger partial charge in [0.1, 0.15) is 5.82 Å². The van der Waals surface area contributed by atoms with Crippen LogP contribution in [0.5, 0.6) is 0 Å². The van der Waals surface area contributed by atoms with E-state index in [0.29, 0.717) is 13.2 Å². The Hall–Kier alpha value is -2.49. The van der Waals surface area contributed by atoms with Gasteiger partial charge in [-0.05, 0) is 23.8 Å². The van der Waals surface area contributed by atoms with E-state index in [0.717, 1.165) is 47.3 Å². The molecule has 0 atom stereocenters. The number of halogens is 1. The van der Waals surface area contributed by atoms with Crippen LogP contribution in [0.15, 0.2) is 36.7 Å². The summed E-state index contributed by atoms with van der Waals surface area (Å²) in [5.41, 5.74) is 3.30. The molecular formula is C18H18ClN5O3S. The molecule has 1 N–H and O–H groups in total. The van der Waals surface area contributed by atoms with E-state index in [9.17, 15) is 8.42 Å². The number of nitrogens with zero attached hydrogens (tertiary/aromatic N) is 4. The maximum Gasteiger partial charge on any atom is 0.229 e. The third kappa shape index (κ3) is 4.16. The zero-order valence-corrected chi connectivity index (χ0v) is 16.7. The molecule has 0 aliphatic carbocycles. The van der Waals surface area contributed by atoms with Gasteiger partial charge in [-0.1, -0.05) is 17.7 Å². The minimum atomic E-state index is -3.46. The first-order valence-electron chi connectivity index (χ1n) is 8.62. The molecular weight excluding hydrogens is 402 g/mol. The van der Waals surface area contributed by atoms with Crippen molar-refractivity contribution in [2.75, 3.05) is 42.2 Å². The average molecular weight is 420 g/mol. The van der Waals surface area contributed by atoms with E-state index in [4.69, 9.17) is 21.3 Å². The van der Waals surface area contributed by atoms with Gasteiger partial charge >= 0.3 is 0 Å².